The van der Waals surface area contributed by atoms with Gasteiger partial charge in [0.1, 0.15) is 23.5 Å². The molecule has 9 nitrogen and oxygen atoms in total. The van der Waals surface area contributed by atoms with E-state index in [-0.39, 0.29) is 35.4 Å². The molecule has 126 valence electrons. The van der Waals surface area contributed by atoms with Crippen molar-refractivity contribution in [1.82, 2.24) is 19.9 Å². The molecule has 1 aliphatic heterocycles. The van der Waals surface area contributed by atoms with Crippen LogP contribution in [0.1, 0.15) is 18.9 Å². The fourth-order valence-corrected chi connectivity index (χ4v) is 2.40. The van der Waals surface area contributed by atoms with Gasteiger partial charge in [-0.2, -0.15) is 9.97 Å². The molecule has 3 rings (SSSR count). The van der Waals surface area contributed by atoms with Crippen molar-refractivity contribution in [2.75, 3.05) is 18.9 Å². The number of aliphatic hydroxyl groups is 2. The molecule has 3 heterocycles. The quantitative estimate of drug-likeness (QED) is 0.602. The van der Waals surface area contributed by atoms with Crippen LogP contribution < -0.4 is 10.5 Å². The average molecular weight is 331 g/mol. The van der Waals surface area contributed by atoms with Gasteiger partial charge in [-0.1, -0.05) is 0 Å². The minimum atomic E-state index is -3.63. The molecule has 23 heavy (non-hydrogen) atoms. The summed E-state index contributed by atoms with van der Waals surface area (Å²) >= 11 is 0. The van der Waals surface area contributed by atoms with Crippen LogP contribution in [-0.2, 0) is 4.74 Å². The van der Waals surface area contributed by atoms with E-state index in [1.165, 1.54) is 0 Å². The molecule has 0 unspecified atom stereocenters. The van der Waals surface area contributed by atoms with Gasteiger partial charge in [0, 0.05) is 0 Å². The van der Waals surface area contributed by atoms with Gasteiger partial charge in [0.25, 0.3) is 0 Å². The van der Waals surface area contributed by atoms with Crippen LogP contribution in [0.25, 0.3) is 11.2 Å². The van der Waals surface area contributed by atoms with Gasteiger partial charge >= 0.3 is 5.92 Å². The number of fused-ring (bicyclic) bond motifs is 1. The number of anilines is 1. The van der Waals surface area contributed by atoms with E-state index in [1.54, 1.807) is 6.92 Å². The number of nitrogen functional groups attached to an aromatic ring is 1. The van der Waals surface area contributed by atoms with Crippen molar-refractivity contribution in [3.63, 3.8) is 0 Å². The number of nitrogens with two attached hydrogens (primary N) is 1. The Morgan fingerprint density at radius 2 is 2.13 bits per heavy atom. The van der Waals surface area contributed by atoms with E-state index >= 15 is 0 Å². The molecule has 11 heteroatoms. The van der Waals surface area contributed by atoms with Crippen LogP contribution in [0.5, 0.6) is 5.88 Å². The molecule has 0 aliphatic carbocycles. The Morgan fingerprint density at radius 1 is 1.39 bits per heavy atom. The van der Waals surface area contributed by atoms with Crippen molar-refractivity contribution in [1.29, 1.82) is 0 Å². The van der Waals surface area contributed by atoms with Crippen molar-refractivity contribution in [2.45, 2.75) is 31.2 Å². The highest BCUT2D eigenvalue weighted by Gasteiger charge is 2.59. The van der Waals surface area contributed by atoms with Crippen molar-refractivity contribution in [3.05, 3.63) is 5.82 Å². The number of aliphatic hydroxyl groups excluding tert-OH is 2. The van der Waals surface area contributed by atoms with Gasteiger partial charge in [-0.05, 0) is 6.92 Å². The second kappa shape index (κ2) is 5.51. The number of rotatable bonds is 4. The van der Waals surface area contributed by atoms with Crippen LogP contribution in [0.3, 0.4) is 0 Å². The summed E-state index contributed by atoms with van der Waals surface area (Å²) in [5, 5.41) is 18.6. The summed E-state index contributed by atoms with van der Waals surface area (Å²) in [5.41, 5.74) is 5.76. The van der Waals surface area contributed by atoms with Crippen molar-refractivity contribution in [2.24, 2.45) is 0 Å². The molecule has 0 bridgehead atoms. The number of hydrogen-bond donors (Lipinski definition) is 4. The van der Waals surface area contributed by atoms with E-state index in [2.05, 4.69) is 19.9 Å². The SMILES string of the molecule is CCOc1nc(N)nc2nc([C@@H]3O[C@H](CO)[C@@H](O)C3(F)F)[nH]c12. The zero-order valence-corrected chi connectivity index (χ0v) is 12.0. The van der Waals surface area contributed by atoms with Crippen LogP contribution >= 0.6 is 0 Å². The van der Waals surface area contributed by atoms with Crippen molar-refractivity contribution >= 4 is 17.1 Å². The molecule has 1 saturated heterocycles. The molecule has 0 amide bonds. The third-order valence-corrected chi connectivity index (χ3v) is 3.47. The molecular formula is C12H15F2N5O4. The van der Waals surface area contributed by atoms with Crippen LogP contribution in [0.4, 0.5) is 14.7 Å². The second-order valence-electron chi connectivity index (χ2n) is 5.00. The third kappa shape index (κ3) is 2.46. The predicted molar refractivity (Wildman–Crippen MR) is 72.9 cm³/mol. The van der Waals surface area contributed by atoms with E-state index in [1.807, 2.05) is 0 Å². The highest BCUT2D eigenvalue weighted by molar-refractivity contribution is 5.77. The second-order valence-corrected chi connectivity index (χ2v) is 5.00. The average Bonchev–Trinajstić information content (AvgIpc) is 2.99. The lowest BCUT2D eigenvalue weighted by atomic mass is 10.1. The van der Waals surface area contributed by atoms with E-state index in [4.69, 9.17) is 20.3 Å². The zero-order chi connectivity index (χ0) is 16.8. The topological polar surface area (TPSA) is 139 Å². The summed E-state index contributed by atoms with van der Waals surface area (Å²) in [6.07, 6.45) is -5.42. The fraction of sp³-hybridized carbons (Fsp3) is 0.583. The highest BCUT2D eigenvalue weighted by Crippen LogP contribution is 2.45. The summed E-state index contributed by atoms with van der Waals surface area (Å²) in [7, 11) is 0. The van der Waals surface area contributed by atoms with Crippen LogP contribution in [0.15, 0.2) is 0 Å². The van der Waals surface area contributed by atoms with Crippen LogP contribution in [0, 0.1) is 0 Å². The number of nitrogens with zero attached hydrogens (tertiary/aromatic N) is 3. The van der Waals surface area contributed by atoms with Gasteiger partial charge in [-0.3, -0.25) is 0 Å². The Labute approximate surface area is 128 Å². The molecular weight excluding hydrogens is 316 g/mol. The summed E-state index contributed by atoms with van der Waals surface area (Å²) in [5.74, 6) is -3.94. The smallest absolute Gasteiger partial charge is 0.308 e. The van der Waals surface area contributed by atoms with Crippen molar-refractivity contribution < 1.29 is 28.5 Å². The summed E-state index contributed by atoms with van der Waals surface area (Å²) < 4.78 is 38.6. The minimum Gasteiger partial charge on any atom is -0.476 e. The first-order valence-corrected chi connectivity index (χ1v) is 6.86. The Hall–Kier alpha value is -2.11. The molecule has 2 aromatic rings. The normalized spacial score (nSPS) is 26.7. The number of alkyl halides is 2. The Balaban J connectivity index is 2.05. The van der Waals surface area contributed by atoms with E-state index in [0.29, 0.717) is 0 Å². The van der Waals surface area contributed by atoms with E-state index in [9.17, 15) is 13.9 Å². The lowest BCUT2D eigenvalue weighted by Gasteiger charge is -2.17. The maximum atomic E-state index is 14.1. The maximum Gasteiger partial charge on any atom is 0.308 e. The molecule has 1 fully saturated rings. The molecule has 1 aliphatic rings. The number of ether oxygens (including phenoxy) is 2. The molecule has 0 aromatic carbocycles. The van der Waals surface area contributed by atoms with E-state index < -0.39 is 30.8 Å². The number of halogens is 2. The molecule has 3 atom stereocenters. The predicted octanol–water partition coefficient (Wildman–Crippen LogP) is -0.238. The number of nitrogens with one attached hydrogen (secondary N) is 1. The van der Waals surface area contributed by atoms with Gasteiger partial charge in [0.05, 0.1) is 13.2 Å². The molecule has 0 radical (unpaired) electrons. The van der Waals surface area contributed by atoms with E-state index in [0.717, 1.165) is 0 Å². The molecule has 2 aromatic heterocycles. The van der Waals surface area contributed by atoms with Crippen LogP contribution in [0.2, 0.25) is 0 Å². The van der Waals surface area contributed by atoms with Gasteiger partial charge in [0.15, 0.2) is 11.8 Å². The largest absolute Gasteiger partial charge is 0.476 e. The van der Waals surface area contributed by atoms with Crippen LogP contribution in [-0.4, -0.2) is 61.5 Å². The first-order valence-electron chi connectivity index (χ1n) is 6.86. The molecule has 0 spiro atoms. The van der Waals surface area contributed by atoms with Gasteiger partial charge in [-0.25, -0.2) is 13.8 Å². The molecule has 0 saturated carbocycles. The number of hydrogen-bond acceptors (Lipinski definition) is 8. The summed E-state index contributed by atoms with van der Waals surface area (Å²) in [6, 6.07) is 0. The number of H-pyrrole nitrogens is 1. The monoisotopic (exact) mass is 331 g/mol. The maximum absolute atomic E-state index is 14.1. The Bertz CT molecular complexity index is 725. The Morgan fingerprint density at radius 3 is 2.74 bits per heavy atom. The van der Waals surface area contributed by atoms with Gasteiger partial charge in [0.2, 0.25) is 11.8 Å². The first-order chi connectivity index (χ1) is 10.9. The number of aromatic amines is 1. The first kappa shape index (κ1) is 15.8. The molecule has 5 N–H and O–H groups in total. The summed E-state index contributed by atoms with van der Waals surface area (Å²) in [6.45, 7) is 1.25. The Kier molecular flexibility index (Phi) is 3.78. The standard InChI is InChI=1S/C12H15F2N5O4/c1-2-22-10-5-8(18-11(15)19-10)17-9(16-5)7-12(13,14)6(21)4(3-20)23-7/h4,6-7,20-21H,2-3H2,1H3,(H3,15,16,17,18,19)/t4-,6-,7+/m1/s1. The van der Waals surface area contributed by atoms with Gasteiger partial charge < -0.3 is 30.4 Å². The zero-order valence-electron chi connectivity index (χ0n) is 12.0. The number of imidazole rings is 1. The third-order valence-electron chi connectivity index (χ3n) is 3.47. The van der Waals surface area contributed by atoms with Crippen molar-refractivity contribution in [3.8, 4) is 5.88 Å². The fourth-order valence-electron chi connectivity index (χ4n) is 2.40. The highest BCUT2D eigenvalue weighted by atomic mass is 19.3. The lowest BCUT2D eigenvalue weighted by Crippen LogP contribution is -2.38. The lowest BCUT2D eigenvalue weighted by molar-refractivity contribution is -0.115. The minimum absolute atomic E-state index is 0.0392. The van der Waals surface area contributed by atoms with Gasteiger partial charge in [-0.15, -0.1) is 0 Å². The summed E-state index contributed by atoms with van der Waals surface area (Å²) in [4.78, 5) is 14.3. The number of aromatic nitrogens is 4.